The molecule has 156 valence electrons. The Morgan fingerprint density at radius 2 is 1.83 bits per heavy atom. The Labute approximate surface area is 180 Å². The normalized spacial score (nSPS) is 13.7. The molecule has 0 radical (unpaired) electrons. The molecule has 1 atom stereocenters. The first-order chi connectivity index (χ1) is 14.4. The molecule has 2 heterocycles. The summed E-state index contributed by atoms with van der Waals surface area (Å²) >= 11 is 5.98. The van der Waals surface area contributed by atoms with Crippen LogP contribution < -0.4 is 14.8 Å². The number of halogens is 1. The SMILES string of the molecule is Cc1nn(-c2ccc(Cl)cc2)c(C)c1CC(=O)NC(C)c1ccc2c(c1)OCCO2. The van der Waals surface area contributed by atoms with Gasteiger partial charge in [0.05, 0.1) is 23.8 Å². The molecule has 6 nitrogen and oxygen atoms in total. The summed E-state index contributed by atoms with van der Waals surface area (Å²) in [6, 6.07) is 13.1. The molecule has 1 amide bonds. The number of carbonyl (C=O) groups excluding carboxylic acids is 1. The lowest BCUT2D eigenvalue weighted by atomic mass is 10.1. The average molecular weight is 426 g/mol. The van der Waals surface area contributed by atoms with Gasteiger partial charge in [-0.05, 0) is 62.7 Å². The number of carbonyl (C=O) groups is 1. The van der Waals surface area contributed by atoms with Crippen molar-refractivity contribution in [2.24, 2.45) is 0 Å². The molecule has 2 aromatic carbocycles. The lowest BCUT2D eigenvalue weighted by molar-refractivity contribution is -0.121. The van der Waals surface area contributed by atoms with Gasteiger partial charge in [0.2, 0.25) is 5.91 Å². The number of nitrogens with one attached hydrogen (secondary N) is 1. The van der Waals surface area contributed by atoms with Crippen LogP contribution >= 0.6 is 11.6 Å². The Kier molecular flexibility index (Phi) is 5.68. The highest BCUT2D eigenvalue weighted by Crippen LogP contribution is 2.32. The molecule has 0 saturated heterocycles. The molecule has 7 heteroatoms. The van der Waals surface area contributed by atoms with Crippen molar-refractivity contribution < 1.29 is 14.3 Å². The topological polar surface area (TPSA) is 65.4 Å². The van der Waals surface area contributed by atoms with Crippen molar-refractivity contribution in [2.75, 3.05) is 13.2 Å². The first-order valence-corrected chi connectivity index (χ1v) is 10.3. The van der Waals surface area contributed by atoms with Crippen LogP contribution in [0, 0.1) is 13.8 Å². The zero-order valence-corrected chi connectivity index (χ0v) is 18.0. The first-order valence-electron chi connectivity index (χ1n) is 9.92. The van der Waals surface area contributed by atoms with Gasteiger partial charge in [-0.2, -0.15) is 5.10 Å². The molecule has 0 aliphatic carbocycles. The Balaban J connectivity index is 1.47. The van der Waals surface area contributed by atoms with Crippen molar-refractivity contribution in [1.82, 2.24) is 15.1 Å². The third-order valence-electron chi connectivity index (χ3n) is 5.29. The Bertz CT molecular complexity index is 1080. The van der Waals surface area contributed by atoms with Gasteiger partial charge in [-0.3, -0.25) is 4.79 Å². The molecule has 0 saturated carbocycles. The monoisotopic (exact) mass is 425 g/mol. The maximum absolute atomic E-state index is 12.8. The van der Waals surface area contributed by atoms with Crippen LogP contribution in [-0.2, 0) is 11.2 Å². The van der Waals surface area contributed by atoms with Crippen LogP contribution in [0.15, 0.2) is 42.5 Å². The van der Waals surface area contributed by atoms with Crippen LogP contribution in [0.1, 0.15) is 35.5 Å². The molecular formula is C23H24ClN3O3. The van der Waals surface area contributed by atoms with E-state index in [-0.39, 0.29) is 18.4 Å². The molecule has 30 heavy (non-hydrogen) atoms. The molecule has 3 aromatic rings. The molecular weight excluding hydrogens is 402 g/mol. The summed E-state index contributed by atoms with van der Waals surface area (Å²) in [5.74, 6) is 1.40. The second-order valence-electron chi connectivity index (χ2n) is 7.41. The highest BCUT2D eigenvalue weighted by atomic mass is 35.5. The van der Waals surface area contributed by atoms with Crippen molar-refractivity contribution in [2.45, 2.75) is 33.2 Å². The molecule has 1 aliphatic rings. The van der Waals surface area contributed by atoms with E-state index in [1.54, 1.807) is 0 Å². The van der Waals surface area contributed by atoms with E-state index in [9.17, 15) is 4.79 Å². The van der Waals surface area contributed by atoms with E-state index in [0.29, 0.717) is 18.2 Å². The molecule has 0 bridgehead atoms. The molecule has 1 unspecified atom stereocenters. The number of hydrogen-bond donors (Lipinski definition) is 1. The third kappa shape index (κ3) is 4.14. The fourth-order valence-electron chi connectivity index (χ4n) is 3.63. The van der Waals surface area contributed by atoms with Crippen molar-refractivity contribution >= 4 is 17.5 Å². The van der Waals surface area contributed by atoms with Gasteiger partial charge >= 0.3 is 0 Å². The van der Waals surface area contributed by atoms with E-state index >= 15 is 0 Å². The summed E-state index contributed by atoms with van der Waals surface area (Å²) in [5.41, 5.74) is 4.59. The molecule has 0 spiro atoms. The van der Waals surface area contributed by atoms with E-state index in [2.05, 4.69) is 10.4 Å². The summed E-state index contributed by atoms with van der Waals surface area (Å²) < 4.78 is 13.0. The number of benzene rings is 2. The number of nitrogens with zero attached hydrogens (tertiary/aromatic N) is 2. The molecule has 1 aliphatic heterocycles. The highest BCUT2D eigenvalue weighted by molar-refractivity contribution is 6.30. The standard InChI is InChI=1S/C23H24ClN3O3/c1-14(17-4-9-21-22(12-17)30-11-10-29-21)25-23(28)13-20-15(2)26-27(16(20)3)19-7-5-18(24)6-8-19/h4-9,12,14H,10-11,13H2,1-3H3,(H,25,28). The predicted molar refractivity (Wildman–Crippen MR) is 116 cm³/mol. The van der Waals surface area contributed by atoms with Crippen molar-refractivity contribution in [1.29, 1.82) is 0 Å². The van der Waals surface area contributed by atoms with Crippen molar-refractivity contribution in [3.63, 3.8) is 0 Å². The maximum Gasteiger partial charge on any atom is 0.225 e. The number of hydrogen-bond acceptors (Lipinski definition) is 4. The molecule has 4 rings (SSSR count). The zero-order valence-electron chi connectivity index (χ0n) is 17.2. The maximum atomic E-state index is 12.8. The minimum atomic E-state index is -0.153. The minimum Gasteiger partial charge on any atom is -0.486 e. The summed E-state index contributed by atoms with van der Waals surface area (Å²) in [7, 11) is 0. The van der Waals surface area contributed by atoms with E-state index in [4.69, 9.17) is 21.1 Å². The summed E-state index contributed by atoms with van der Waals surface area (Å²) in [4.78, 5) is 12.8. The predicted octanol–water partition coefficient (Wildman–Crippen LogP) is 4.33. The lowest BCUT2D eigenvalue weighted by Gasteiger charge is -2.21. The first kappa shape index (κ1) is 20.3. The number of aryl methyl sites for hydroxylation is 1. The third-order valence-corrected chi connectivity index (χ3v) is 5.55. The molecule has 0 fully saturated rings. The van der Waals surface area contributed by atoms with Crippen LogP contribution in [0.2, 0.25) is 5.02 Å². The van der Waals surface area contributed by atoms with Crippen LogP contribution in [0.25, 0.3) is 5.69 Å². The number of ether oxygens (including phenoxy) is 2. The molecule has 1 aromatic heterocycles. The largest absolute Gasteiger partial charge is 0.486 e. The van der Waals surface area contributed by atoms with E-state index in [0.717, 1.165) is 39.7 Å². The quantitative estimate of drug-likeness (QED) is 0.660. The van der Waals surface area contributed by atoms with Crippen LogP contribution in [0.4, 0.5) is 0 Å². The summed E-state index contributed by atoms with van der Waals surface area (Å²) in [6.45, 7) is 6.95. The van der Waals surface area contributed by atoms with Gasteiger partial charge in [-0.15, -0.1) is 0 Å². The number of aromatic nitrogens is 2. The lowest BCUT2D eigenvalue weighted by Crippen LogP contribution is -2.28. The highest BCUT2D eigenvalue weighted by Gasteiger charge is 2.19. The minimum absolute atomic E-state index is 0.0563. The second kappa shape index (κ2) is 8.40. The average Bonchev–Trinajstić information content (AvgIpc) is 3.02. The van der Waals surface area contributed by atoms with Gasteiger partial charge in [0.15, 0.2) is 11.5 Å². The number of rotatable bonds is 5. The van der Waals surface area contributed by atoms with Crippen LogP contribution in [0.5, 0.6) is 11.5 Å². The summed E-state index contributed by atoms with van der Waals surface area (Å²) in [5, 5.41) is 8.36. The van der Waals surface area contributed by atoms with Crippen LogP contribution in [0.3, 0.4) is 0 Å². The fraction of sp³-hybridized carbons (Fsp3) is 0.304. The van der Waals surface area contributed by atoms with Crippen molar-refractivity contribution in [3.05, 3.63) is 70.0 Å². The summed E-state index contributed by atoms with van der Waals surface area (Å²) in [6.07, 6.45) is 0.264. The van der Waals surface area contributed by atoms with Gasteiger partial charge in [-0.1, -0.05) is 17.7 Å². The van der Waals surface area contributed by atoms with Crippen molar-refractivity contribution in [3.8, 4) is 17.2 Å². The van der Waals surface area contributed by atoms with E-state index in [1.165, 1.54) is 0 Å². The van der Waals surface area contributed by atoms with Gasteiger partial charge in [-0.25, -0.2) is 4.68 Å². The Hall–Kier alpha value is -2.99. The van der Waals surface area contributed by atoms with Gasteiger partial charge in [0, 0.05) is 16.3 Å². The fourth-order valence-corrected chi connectivity index (χ4v) is 3.76. The van der Waals surface area contributed by atoms with Gasteiger partial charge < -0.3 is 14.8 Å². The molecule has 1 N–H and O–H groups in total. The second-order valence-corrected chi connectivity index (χ2v) is 7.84. The Morgan fingerprint density at radius 1 is 1.13 bits per heavy atom. The van der Waals surface area contributed by atoms with E-state index < -0.39 is 0 Å². The smallest absolute Gasteiger partial charge is 0.225 e. The van der Waals surface area contributed by atoms with Crippen LogP contribution in [-0.4, -0.2) is 28.9 Å². The Morgan fingerprint density at radius 3 is 2.57 bits per heavy atom. The number of fused-ring (bicyclic) bond motifs is 1. The van der Waals surface area contributed by atoms with Gasteiger partial charge in [0.1, 0.15) is 13.2 Å². The zero-order chi connectivity index (χ0) is 21.3. The van der Waals surface area contributed by atoms with Gasteiger partial charge in [0.25, 0.3) is 0 Å². The number of amides is 1. The van der Waals surface area contributed by atoms with E-state index in [1.807, 2.05) is 67.9 Å².